The van der Waals surface area contributed by atoms with Gasteiger partial charge in [-0.3, -0.25) is 0 Å². The summed E-state index contributed by atoms with van der Waals surface area (Å²) in [7, 11) is 0. The van der Waals surface area contributed by atoms with E-state index in [1.807, 2.05) is 6.92 Å². The van der Waals surface area contributed by atoms with Crippen LogP contribution in [0, 0.1) is 0 Å². The number of allylic oxidation sites excluding steroid dienone is 10. The standard InChI is InChI=1S/C29H36/c1-20(2)11-12-21(3)13-14-22(4)15-16-23(5)25-17-18-27-24(6)26-9-7-8-10-28(26)29(27)19-25/h11-14,17-19,24H,1,5,7-10,15-16H2,2-4,6H3/b12-11-,21-13-,22-14+. The molecule has 3 rings (SSSR count). The van der Waals surface area contributed by atoms with Gasteiger partial charge in [0.25, 0.3) is 0 Å². The molecule has 0 nitrogen and oxygen atoms in total. The molecule has 29 heavy (non-hydrogen) atoms. The van der Waals surface area contributed by atoms with Crippen LogP contribution in [0.1, 0.15) is 88.8 Å². The fourth-order valence-corrected chi connectivity index (χ4v) is 4.50. The highest BCUT2D eigenvalue weighted by molar-refractivity contribution is 5.81. The van der Waals surface area contributed by atoms with Crippen molar-refractivity contribution in [2.24, 2.45) is 0 Å². The van der Waals surface area contributed by atoms with Crippen molar-refractivity contribution in [1.29, 1.82) is 0 Å². The van der Waals surface area contributed by atoms with Gasteiger partial charge in [0.1, 0.15) is 0 Å². The molecular formula is C29H36. The van der Waals surface area contributed by atoms with Crippen LogP contribution in [0.15, 0.2) is 78.0 Å². The summed E-state index contributed by atoms with van der Waals surface area (Å²) in [6.07, 6.45) is 15.9. The van der Waals surface area contributed by atoms with E-state index in [4.69, 9.17) is 0 Å². The fourth-order valence-electron chi connectivity index (χ4n) is 4.50. The minimum atomic E-state index is 0.613. The van der Waals surface area contributed by atoms with Gasteiger partial charge in [-0.2, -0.15) is 0 Å². The molecular weight excluding hydrogens is 348 g/mol. The van der Waals surface area contributed by atoms with E-state index in [1.165, 1.54) is 59.1 Å². The molecule has 2 aliphatic carbocycles. The van der Waals surface area contributed by atoms with Crippen molar-refractivity contribution in [3.8, 4) is 0 Å². The molecule has 1 atom stereocenters. The zero-order chi connectivity index (χ0) is 21.0. The van der Waals surface area contributed by atoms with E-state index >= 15 is 0 Å². The maximum Gasteiger partial charge on any atom is 0.00319 e. The monoisotopic (exact) mass is 384 g/mol. The van der Waals surface area contributed by atoms with E-state index in [0.29, 0.717) is 5.92 Å². The maximum atomic E-state index is 4.41. The molecule has 0 amide bonds. The molecule has 0 spiro atoms. The van der Waals surface area contributed by atoms with Crippen molar-refractivity contribution < 1.29 is 0 Å². The lowest BCUT2D eigenvalue weighted by Crippen LogP contribution is -1.97. The van der Waals surface area contributed by atoms with Crippen LogP contribution >= 0.6 is 0 Å². The van der Waals surface area contributed by atoms with Gasteiger partial charge < -0.3 is 0 Å². The van der Waals surface area contributed by atoms with Crippen LogP contribution in [0.5, 0.6) is 0 Å². The van der Waals surface area contributed by atoms with E-state index < -0.39 is 0 Å². The van der Waals surface area contributed by atoms with Crippen LogP contribution in [0.3, 0.4) is 0 Å². The van der Waals surface area contributed by atoms with Crippen molar-refractivity contribution >= 4 is 11.1 Å². The summed E-state index contributed by atoms with van der Waals surface area (Å²) >= 11 is 0. The Labute approximate surface area is 178 Å². The van der Waals surface area contributed by atoms with Gasteiger partial charge in [0.05, 0.1) is 0 Å². The highest BCUT2D eigenvalue weighted by Crippen LogP contribution is 2.48. The molecule has 0 heteroatoms. The number of rotatable bonds is 7. The summed E-state index contributed by atoms with van der Waals surface area (Å²) in [4.78, 5) is 0. The van der Waals surface area contributed by atoms with Crippen molar-refractivity contribution in [1.82, 2.24) is 0 Å². The maximum absolute atomic E-state index is 4.41. The quantitative estimate of drug-likeness (QED) is 0.411. The third-order valence-corrected chi connectivity index (χ3v) is 6.37. The summed E-state index contributed by atoms with van der Waals surface area (Å²) in [5.74, 6) is 0.613. The third kappa shape index (κ3) is 5.18. The second-order valence-corrected chi connectivity index (χ2v) is 8.94. The lowest BCUT2D eigenvalue weighted by Gasteiger charge is -2.16. The molecule has 1 unspecified atom stereocenters. The first-order chi connectivity index (χ1) is 13.9. The van der Waals surface area contributed by atoms with E-state index in [-0.39, 0.29) is 0 Å². The number of hydrogen-bond acceptors (Lipinski definition) is 0. The number of benzene rings is 1. The summed E-state index contributed by atoms with van der Waals surface area (Å²) in [6.45, 7) is 17.1. The predicted molar refractivity (Wildman–Crippen MR) is 130 cm³/mol. The molecule has 0 radical (unpaired) electrons. The van der Waals surface area contributed by atoms with Crippen molar-refractivity contribution in [3.05, 3.63) is 94.6 Å². The zero-order valence-corrected chi connectivity index (χ0v) is 18.8. The smallest absolute Gasteiger partial charge is 0.00319 e. The third-order valence-electron chi connectivity index (χ3n) is 6.37. The van der Waals surface area contributed by atoms with Crippen LogP contribution in [0.25, 0.3) is 11.1 Å². The predicted octanol–water partition coefficient (Wildman–Crippen LogP) is 8.95. The van der Waals surface area contributed by atoms with Gasteiger partial charge in [-0.25, -0.2) is 0 Å². The molecule has 0 bridgehead atoms. The Morgan fingerprint density at radius 3 is 2.52 bits per heavy atom. The second kappa shape index (κ2) is 9.44. The van der Waals surface area contributed by atoms with Gasteiger partial charge in [-0.05, 0) is 93.2 Å². The molecule has 152 valence electrons. The van der Waals surface area contributed by atoms with Crippen molar-refractivity contribution in [2.75, 3.05) is 0 Å². The minimum Gasteiger partial charge on any atom is -0.0961 e. The Bertz CT molecular complexity index is 927. The van der Waals surface area contributed by atoms with Gasteiger partial charge in [0.2, 0.25) is 0 Å². The van der Waals surface area contributed by atoms with Gasteiger partial charge in [-0.1, -0.05) is 78.8 Å². The minimum absolute atomic E-state index is 0.613. The Morgan fingerprint density at radius 2 is 1.76 bits per heavy atom. The normalized spacial score (nSPS) is 19.5. The van der Waals surface area contributed by atoms with E-state index in [1.54, 1.807) is 11.1 Å². The number of hydrogen-bond donors (Lipinski definition) is 0. The first-order valence-electron chi connectivity index (χ1n) is 11.1. The highest BCUT2D eigenvalue weighted by Gasteiger charge is 2.29. The van der Waals surface area contributed by atoms with Gasteiger partial charge >= 0.3 is 0 Å². The zero-order valence-electron chi connectivity index (χ0n) is 18.8. The molecule has 0 fully saturated rings. The van der Waals surface area contributed by atoms with Crippen LogP contribution in [0.4, 0.5) is 0 Å². The largest absolute Gasteiger partial charge is 0.0961 e. The van der Waals surface area contributed by atoms with E-state index in [0.717, 1.165) is 18.4 Å². The summed E-state index contributed by atoms with van der Waals surface area (Å²) in [6, 6.07) is 7.08. The lowest BCUT2D eigenvalue weighted by molar-refractivity contribution is 0.685. The topological polar surface area (TPSA) is 0 Å². The summed E-state index contributed by atoms with van der Waals surface area (Å²) in [5.41, 5.74) is 12.7. The fraction of sp³-hybridized carbons (Fsp3) is 0.379. The lowest BCUT2D eigenvalue weighted by atomic mass is 9.89. The molecule has 2 aliphatic rings. The van der Waals surface area contributed by atoms with E-state index in [2.05, 4.69) is 76.4 Å². The second-order valence-electron chi connectivity index (χ2n) is 8.94. The highest BCUT2D eigenvalue weighted by atomic mass is 14.3. The summed E-state index contributed by atoms with van der Waals surface area (Å²) in [5, 5.41) is 0. The first kappa shape index (κ1) is 21.4. The Kier molecular flexibility index (Phi) is 6.96. The van der Waals surface area contributed by atoms with Gasteiger partial charge in [0, 0.05) is 5.92 Å². The van der Waals surface area contributed by atoms with Crippen LogP contribution in [0.2, 0.25) is 0 Å². The molecule has 1 aromatic carbocycles. The Morgan fingerprint density at radius 1 is 1.00 bits per heavy atom. The molecule has 1 aromatic rings. The van der Waals surface area contributed by atoms with Gasteiger partial charge in [-0.15, -0.1) is 0 Å². The Balaban J connectivity index is 1.65. The van der Waals surface area contributed by atoms with Gasteiger partial charge in [0.15, 0.2) is 0 Å². The molecule has 0 N–H and O–H groups in total. The Hall–Kier alpha value is -2.34. The molecule has 0 saturated heterocycles. The average molecular weight is 385 g/mol. The van der Waals surface area contributed by atoms with Crippen molar-refractivity contribution in [2.45, 2.75) is 72.1 Å². The molecule has 0 aliphatic heterocycles. The van der Waals surface area contributed by atoms with Crippen LogP contribution in [-0.2, 0) is 0 Å². The molecule has 0 aromatic heterocycles. The number of fused-ring (bicyclic) bond motifs is 2. The molecule has 0 heterocycles. The SMILES string of the molecule is C=C(C)\C=C/C(C)=C\C=C(/C)CCC(=C)c1ccc2c(c1)C1=C(CCCC1)C2C. The summed E-state index contributed by atoms with van der Waals surface area (Å²) < 4.78 is 0. The van der Waals surface area contributed by atoms with E-state index in [9.17, 15) is 0 Å². The molecule has 0 saturated carbocycles. The average Bonchev–Trinajstić information content (AvgIpc) is 3.01. The van der Waals surface area contributed by atoms with Crippen LogP contribution < -0.4 is 0 Å². The van der Waals surface area contributed by atoms with Crippen molar-refractivity contribution in [3.63, 3.8) is 0 Å². The first-order valence-corrected chi connectivity index (χ1v) is 11.1. The van der Waals surface area contributed by atoms with Crippen LogP contribution in [-0.4, -0.2) is 0 Å².